The van der Waals surface area contributed by atoms with Gasteiger partial charge in [-0.1, -0.05) is 73.9 Å². The number of hydrogen-bond donors (Lipinski definition) is 0. The summed E-state index contributed by atoms with van der Waals surface area (Å²) in [6, 6.07) is 30.8. The lowest BCUT2D eigenvalue weighted by molar-refractivity contribution is 0.646. The van der Waals surface area contributed by atoms with Crippen molar-refractivity contribution in [3.8, 4) is 11.8 Å². The second kappa shape index (κ2) is 5.48. The number of fused-ring (bicyclic) bond motifs is 8. The van der Waals surface area contributed by atoms with Gasteiger partial charge >= 0.3 is 0 Å². The molecule has 0 amide bonds. The summed E-state index contributed by atoms with van der Waals surface area (Å²) in [6.07, 6.45) is 0. The molecule has 0 saturated heterocycles. The summed E-state index contributed by atoms with van der Waals surface area (Å²) in [5.74, 6) is 0. The van der Waals surface area contributed by atoms with E-state index < -0.39 is 0 Å². The summed E-state index contributed by atoms with van der Waals surface area (Å²) in [5, 5.41) is 12.2. The van der Waals surface area contributed by atoms with E-state index in [1.807, 2.05) is 6.07 Å². The third-order valence-electron chi connectivity index (χ3n) is 7.49. The van der Waals surface area contributed by atoms with E-state index >= 15 is 0 Å². The van der Waals surface area contributed by atoms with Gasteiger partial charge in [-0.15, -0.1) is 0 Å². The summed E-state index contributed by atoms with van der Waals surface area (Å²) in [7, 11) is 0. The number of aromatic nitrogens is 1. The molecule has 0 spiro atoms. The molecule has 2 aliphatic rings. The monoisotopic (exact) mass is 394 g/mol. The molecule has 2 nitrogen and oxygen atoms in total. The van der Waals surface area contributed by atoms with Gasteiger partial charge in [0.2, 0.25) is 6.71 Å². The van der Waals surface area contributed by atoms with Crippen molar-refractivity contribution in [2.45, 2.75) is 19.3 Å². The second-order valence-electron chi connectivity index (χ2n) is 9.31. The van der Waals surface area contributed by atoms with E-state index in [4.69, 9.17) is 0 Å². The average molecular weight is 394 g/mol. The topological polar surface area (TPSA) is 28.7 Å². The normalized spacial score (nSPS) is 14.9. The Morgan fingerprint density at radius 3 is 2.45 bits per heavy atom. The van der Waals surface area contributed by atoms with Gasteiger partial charge in [-0.3, -0.25) is 0 Å². The van der Waals surface area contributed by atoms with Gasteiger partial charge in [-0.05, 0) is 46.3 Å². The van der Waals surface area contributed by atoms with Gasteiger partial charge < -0.3 is 4.57 Å². The quantitative estimate of drug-likeness (QED) is 0.356. The Labute approximate surface area is 181 Å². The molecule has 0 atom stereocenters. The first-order valence-corrected chi connectivity index (χ1v) is 10.8. The lowest BCUT2D eigenvalue weighted by Gasteiger charge is -2.41. The Bertz CT molecular complexity index is 1630. The molecule has 1 aromatic heterocycles. The molecular formula is C28H19BN2. The van der Waals surface area contributed by atoms with Gasteiger partial charge in [0.05, 0.1) is 17.1 Å². The van der Waals surface area contributed by atoms with E-state index in [1.165, 1.54) is 55.0 Å². The SMILES string of the molecule is CC1(C)c2ccc(C#N)cc2B2c3ccccc3-n3c4ccccc4c4ccc1c2c43. The van der Waals surface area contributed by atoms with Crippen molar-refractivity contribution in [1.29, 1.82) is 5.26 Å². The van der Waals surface area contributed by atoms with Crippen molar-refractivity contribution in [1.82, 2.24) is 4.57 Å². The molecule has 0 bridgehead atoms. The van der Waals surface area contributed by atoms with Crippen LogP contribution in [-0.2, 0) is 5.41 Å². The number of benzene rings is 4. The van der Waals surface area contributed by atoms with Crippen LogP contribution < -0.4 is 16.4 Å². The third kappa shape index (κ3) is 1.89. The molecule has 0 unspecified atom stereocenters. The van der Waals surface area contributed by atoms with E-state index in [9.17, 15) is 5.26 Å². The minimum atomic E-state index is -0.128. The molecule has 7 rings (SSSR count). The van der Waals surface area contributed by atoms with Crippen molar-refractivity contribution in [2.75, 3.05) is 0 Å². The maximum atomic E-state index is 9.64. The fourth-order valence-corrected chi connectivity index (χ4v) is 6.17. The highest BCUT2D eigenvalue weighted by Gasteiger charge is 2.44. The number of nitrogens with zero attached hydrogens (tertiary/aromatic N) is 2. The highest BCUT2D eigenvalue weighted by Crippen LogP contribution is 2.40. The van der Waals surface area contributed by atoms with Gasteiger partial charge in [-0.2, -0.15) is 5.26 Å². The Kier molecular flexibility index (Phi) is 3.00. The number of nitriles is 1. The fraction of sp³-hybridized carbons (Fsp3) is 0.107. The van der Waals surface area contributed by atoms with Crippen LogP contribution in [0.4, 0.5) is 0 Å². The standard InChI is InChI=1S/C28H19BN2/c1-28(2)20-13-11-17(16-30)15-23(20)29-22-8-4-6-10-25(22)31-24-9-5-3-7-18(24)19-12-14-21(28)26(29)27(19)31/h3-15H,1-2H3. The van der Waals surface area contributed by atoms with Crippen molar-refractivity contribution in [2.24, 2.45) is 0 Å². The Morgan fingerprint density at radius 2 is 1.58 bits per heavy atom. The summed E-state index contributed by atoms with van der Waals surface area (Å²) in [6.45, 7) is 4.78. The first kappa shape index (κ1) is 17.0. The summed E-state index contributed by atoms with van der Waals surface area (Å²) in [4.78, 5) is 0. The van der Waals surface area contributed by atoms with Crippen LogP contribution in [0.2, 0.25) is 0 Å². The minimum absolute atomic E-state index is 0.128. The van der Waals surface area contributed by atoms with Crippen molar-refractivity contribution in [3.63, 3.8) is 0 Å². The third-order valence-corrected chi connectivity index (χ3v) is 7.49. The van der Waals surface area contributed by atoms with E-state index in [0.717, 1.165) is 5.56 Å². The molecule has 2 aliphatic heterocycles. The lowest BCUT2D eigenvalue weighted by atomic mass is 9.30. The second-order valence-corrected chi connectivity index (χ2v) is 9.31. The predicted octanol–water partition coefficient (Wildman–Crippen LogP) is 4.12. The molecule has 5 aromatic rings. The molecule has 0 radical (unpaired) electrons. The smallest absolute Gasteiger partial charge is 0.247 e. The van der Waals surface area contributed by atoms with Crippen LogP contribution in [0.3, 0.4) is 0 Å². The zero-order valence-electron chi connectivity index (χ0n) is 17.5. The van der Waals surface area contributed by atoms with Crippen LogP contribution in [0.15, 0.2) is 78.9 Å². The van der Waals surface area contributed by atoms with E-state index in [1.54, 1.807) is 0 Å². The molecule has 3 heterocycles. The van der Waals surface area contributed by atoms with Gasteiger partial charge in [0.1, 0.15) is 0 Å². The van der Waals surface area contributed by atoms with E-state index in [0.29, 0.717) is 0 Å². The van der Waals surface area contributed by atoms with E-state index in [2.05, 4.69) is 97.3 Å². The summed E-state index contributed by atoms with van der Waals surface area (Å²) in [5.41, 5.74) is 11.1. The molecule has 4 aromatic carbocycles. The Hall–Kier alpha value is -3.77. The van der Waals surface area contributed by atoms with Crippen molar-refractivity contribution >= 4 is 44.9 Å². The lowest BCUT2D eigenvalue weighted by Crippen LogP contribution is -2.63. The largest absolute Gasteiger partial charge is 0.310 e. The highest BCUT2D eigenvalue weighted by atomic mass is 15.0. The van der Waals surface area contributed by atoms with Crippen LogP contribution in [0.5, 0.6) is 0 Å². The molecule has 0 aliphatic carbocycles. The van der Waals surface area contributed by atoms with Crippen molar-refractivity contribution in [3.05, 3.63) is 95.6 Å². The van der Waals surface area contributed by atoms with Crippen molar-refractivity contribution < 1.29 is 0 Å². The molecular weight excluding hydrogens is 375 g/mol. The van der Waals surface area contributed by atoms with Crippen LogP contribution in [0.25, 0.3) is 27.5 Å². The number of rotatable bonds is 0. The van der Waals surface area contributed by atoms with Crippen LogP contribution >= 0.6 is 0 Å². The first-order chi connectivity index (χ1) is 15.1. The molecule has 144 valence electrons. The zero-order chi connectivity index (χ0) is 20.9. The molecule has 0 saturated carbocycles. The predicted molar refractivity (Wildman–Crippen MR) is 129 cm³/mol. The molecule has 0 fully saturated rings. The maximum absolute atomic E-state index is 9.64. The minimum Gasteiger partial charge on any atom is -0.310 e. The number of hydrogen-bond acceptors (Lipinski definition) is 1. The Morgan fingerprint density at radius 1 is 0.806 bits per heavy atom. The summed E-state index contributed by atoms with van der Waals surface area (Å²) < 4.78 is 2.46. The van der Waals surface area contributed by atoms with Crippen LogP contribution in [-0.4, -0.2) is 11.3 Å². The van der Waals surface area contributed by atoms with Crippen LogP contribution in [0, 0.1) is 11.3 Å². The van der Waals surface area contributed by atoms with Gasteiger partial charge in [-0.25, -0.2) is 0 Å². The first-order valence-electron chi connectivity index (χ1n) is 10.8. The van der Waals surface area contributed by atoms with E-state index in [-0.39, 0.29) is 12.1 Å². The van der Waals surface area contributed by atoms with Gasteiger partial charge in [0, 0.05) is 27.4 Å². The van der Waals surface area contributed by atoms with Gasteiger partial charge in [0.15, 0.2) is 0 Å². The number of para-hydroxylation sites is 2. The van der Waals surface area contributed by atoms with Gasteiger partial charge in [0.25, 0.3) is 0 Å². The summed E-state index contributed by atoms with van der Waals surface area (Å²) >= 11 is 0. The van der Waals surface area contributed by atoms with Crippen LogP contribution in [0.1, 0.15) is 30.5 Å². The molecule has 0 N–H and O–H groups in total. The highest BCUT2D eigenvalue weighted by molar-refractivity contribution is 6.99. The average Bonchev–Trinajstić information content (AvgIpc) is 3.14. The fourth-order valence-electron chi connectivity index (χ4n) is 6.17. The molecule has 31 heavy (non-hydrogen) atoms. The molecule has 3 heteroatoms. The zero-order valence-corrected chi connectivity index (χ0v) is 17.5. The maximum Gasteiger partial charge on any atom is 0.247 e. The Balaban J connectivity index is 1.76.